The van der Waals surface area contributed by atoms with Gasteiger partial charge in [0, 0.05) is 31.5 Å². The maximum absolute atomic E-state index is 11.5. The first-order chi connectivity index (χ1) is 11.9. The highest BCUT2D eigenvalue weighted by Crippen LogP contribution is 2.56. The van der Waals surface area contributed by atoms with E-state index < -0.39 is 5.97 Å². The van der Waals surface area contributed by atoms with Crippen molar-refractivity contribution < 1.29 is 24.1 Å². The molecule has 0 amide bonds. The molecule has 134 valence electrons. The molecule has 8 heteroatoms. The van der Waals surface area contributed by atoms with Crippen LogP contribution in [0.25, 0.3) is 11.0 Å². The zero-order valence-electron chi connectivity index (χ0n) is 14.5. The van der Waals surface area contributed by atoms with Crippen LogP contribution >= 0.6 is 0 Å². The highest BCUT2D eigenvalue weighted by molar-refractivity contribution is 5.94. The Balaban J connectivity index is 1.71. The standard InChI is InChI=1S/C17H21N3O5/c1-10(2)25-14-12(15(21)22)4-11-5-20(19-13(11)18-14)16-6-17(7-16,9-23-3)24-8-16/h4-5,10H,6-9H2,1-3H3,(H,21,22). The molecule has 0 unspecified atom stereocenters. The average Bonchev–Trinajstić information content (AvgIpc) is 3.16. The summed E-state index contributed by atoms with van der Waals surface area (Å²) >= 11 is 0. The fraction of sp³-hybridized carbons (Fsp3) is 0.588. The fourth-order valence-electron chi connectivity index (χ4n) is 3.92. The van der Waals surface area contributed by atoms with Crippen LogP contribution in [0.2, 0.25) is 0 Å². The number of carboxylic acids is 1. The zero-order valence-corrected chi connectivity index (χ0v) is 14.5. The van der Waals surface area contributed by atoms with Gasteiger partial charge >= 0.3 is 5.97 Å². The summed E-state index contributed by atoms with van der Waals surface area (Å²) in [5, 5.41) is 14.7. The highest BCUT2D eigenvalue weighted by atomic mass is 16.6. The molecule has 4 heterocycles. The first-order valence-corrected chi connectivity index (χ1v) is 8.30. The zero-order chi connectivity index (χ0) is 17.8. The third-order valence-electron chi connectivity index (χ3n) is 4.88. The van der Waals surface area contributed by atoms with Crippen LogP contribution in [0, 0.1) is 0 Å². The molecule has 3 aliphatic rings. The maximum atomic E-state index is 11.5. The van der Waals surface area contributed by atoms with Crippen molar-refractivity contribution in [1.82, 2.24) is 14.8 Å². The third-order valence-corrected chi connectivity index (χ3v) is 4.88. The maximum Gasteiger partial charge on any atom is 0.341 e. The number of aromatic nitrogens is 3. The molecule has 2 bridgehead atoms. The van der Waals surface area contributed by atoms with Crippen LogP contribution in [0.1, 0.15) is 37.0 Å². The number of nitrogens with zero attached hydrogens (tertiary/aromatic N) is 3. The number of fused-ring (bicyclic) bond motifs is 2. The van der Waals surface area contributed by atoms with E-state index in [0.29, 0.717) is 24.2 Å². The molecule has 1 aliphatic carbocycles. The molecule has 2 aliphatic heterocycles. The Bertz CT molecular complexity index is 838. The number of hydrogen-bond acceptors (Lipinski definition) is 6. The predicted molar refractivity (Wildman–Crippen MR) is 88.0 cm³/mol. The topological polar surface area (TPSA) is 95.7 Å². The minimum Gasteiger partial charge on any atom is -0.477 e. The second-order valence-corrected chi connectivity index (χ2v) is 7.28. The second-order valence-electron chi connectivity index (χ2n) is 7.28. The van der Waals surface area contributed by atoms with E-state index in [4.69, 9.17) is 14.2 Å². The van der Waals surface area contributed by atoms with Crippen LogP contribution < -0.4 is 4.74 Å². The lowest BCUT2D eigenvalue weighted by Gasteiger charge is -2.43. The van der Waals surface area contributed by atoms with Gasteiger partial charge in [-0.2, -0.15) is 10.1 Å². The lowest BCUT2D eigenvalue weighted by Crippen LogP contribution is -2.53. The molecule has 3 fully saturated rings. The van der Waals surface area contributed by atoms with Crippen LogP contribution in [-0.4, -0.2) is 57.9 Å². The molecule has 5 rings (SSSR count). The van der Waals surface area contributed by atoms with Crippen molar-refractivity contribution in [2.75, 3.05) is 20.3 Å². The smallest absolute Gasteiger partial charge is 0.341 e. The Morgan fingerprint density at radius 1 is 1.48 bits per heavy atom. The third kappa shape index (κ3) is 2.47. The molecule has 0 spiro atoms. The summed E-state index contributed by atoms with van der Waals surface area (Å²) in [6.07, 6.45) is 3.35. The van der Waals surface area contributed by atoms with Crippen molar-refractivity contribution in [3.8, 4) is 5.88 Å². The van der Waals surface area contributed by atoms with Gasteiger partial charge in [0.1, 0.15) is 5.56 Å². The number of hydrogen-bond donors (Lipinski definition) is 1. The molecule has 0 atom stereocenters. The van der Waals surface area contributed by atoms with Crippen molar-refractivity contribution in [2.45, 2.75) is 43.9 Å². The van der Waals surface area contributed by atoms with Gasteiger partial charge in [0.2, 0.25) is 5.88 Å². The Labute approximate surface area is 144 Å². The van der Waals surface area contributed by atoms with Gasteiger partial charge in [-0.3, -0.25) is 4.68 Å². The molecule has 2 saturated heterocycles. The van der Waals surface area contributed by atoms with E-state index in [-0.39, 0.29) is 28.7 Å². The van der Waals surface area contributed by atoms with Gasteiger partial charge in [0.15, 0.2) is 5.65 Å². The van der Waals surface area contributed by atoms with E-state index in [9.17, 15) is 9.90 Å². The van der Waals surface area contributed by atoms with Crippen molar-refractivity contribution in [3.05, 3.63) is 17.8 Å². The van der Waals surface area contributed by atoms with Gasteiger partial charge in [0.05, 0.1) is 30.5 Å². The number of methoxy groups -OCH3 is 1. The number of ether oxygens (including phenoxy) is 3. The van der Waals surface area contributed by atoms with Crippen molar-refractivity contribution in [2.24, 2.45) is 0 Å². The summed E-state index contributed by atoms with van der Waals surface area (Å²) in [4.78, 5) is 15.8. The summed E-state index contributed by atoms with van der Waals surface area (Å²) in [6.45, 7) is 4.80. The first-order valence-electron chi connectivity index (χ1n) is 8.30. The largest absolute Gasteiger partial charge is 0.477 e. The number of rotatable bonds is 6. The van der Waals surface area contributed by atoms with Crippen LogP contribution in [0.15, 0.2) is 12.3 Å². The molecule has 25 heavy (non-hydrogen) atoms. The van der Waals surface area contributed by atoms with Gasteiger partial charge in [0.25, 0.3) is 0 Å². The van der Waals surface area contributed by atoms with Crippen molar-refractivity contribution in [3.63, 3.8) is 0 Å². The number of carbonyl (C=O) groups is 1. The van der Waals surface area contributed by atoms with Gasteiger partial charge in [-0.05, 0) is 19.9 Å². The Hall–Kier alpha value is -2.19. The quantitative estimate of drug-likeness (QED) is 0.851. The number of carboxylic acid groups (broad SMARTS) is 1. The lowest BCUT2D eigenvalue weighted by molar-refractivity contribution is -0.0694. The SMILES string of the molecule is COCC12CC(n3cc4cc(C(=O)O)c(OC(C)C)nc4n3)(CO1)C2. The van der Waals surface area contributed by atoms with Crippen molar-refractivity contribution >= 4 is 17.0 Å². The Morgan fingerprint density at radius 2 is 2.24 bits per heavy atom. The monoisotopic (exact) mass is 347 g/mol. The normalized spacial score (nSPS) is 27.7. The lowest BCUT2D eigenvalue weighted by atomic mass is 9.69. The van der Waals surface area contributed by atoms with Crippen LogP contribution in [0.5, 0.6) is 5.88 Å². The molecular weight excluding hydrogens is 326 g/mol. The minimum atomic E-state index is -1.07. The number of aromatic carboxylic acids is 1. The molecule has 1 saturated carbocycles. The fourth-order valence-corrected chi connectivity index (χ4v) is 3.92. The summed E-state index contributed by atoms with van der Waals surface area (Å²) in [6, 6.07) is 1.57. The summed E-state index contributed by atoms with van der Waals surface area (Å²) < 4.78 is 18.6. The van der Waals surface area contributed by atoms with E-state index in [0.717, 1.165) is 12.8 Å². The second kappa shape index (κ2) is 5.40. The molecule has 2 aromatic heterocycles. The van der Waals surface area contributed by atoms with Crippen LogP contribution in [-0.2, 0) is 15.0 Å². The Kier molecular flexibility index (Phi) is 3.52. The van der Waals surface area contributed by atoms with E-state index in [2.05, 4.69) is 10.1 Å². The van der Waals surface area contributed by atoms with Gasteiger partial charge in [-0.25, -0.2) is 4.79 Å². The number of pyridine rings is 1. The van der Waals surface area contributed by atoms with Crippen LogP contribution in [0.3, 0.4) is 0 Å². The summed E-state index contributed by atoms with van der Waals surface area (Å²) in [5.41, 5.74) is 0.120. The first kappa shape index (κ1) is 16.3. The molecule has 2 aromatic rings. The minimum absolute atomic E-state index is 0.0447. The highest BCUT2D eigenvalue weighted by Gasteiger charge is 2.64. The van der Waals surface area contributed by atoms with Gasteiger partial charge < -0.3 is 19.3 Å². The van der Waals surface area contributed by atoms with Gasteiger partial charge in [-0.15, -0.1) is 0 Å². The van der Waals surface area contributed by atoms with Crippen molar-refractivity contribution in [1.29, 1.82) is 0 Å². The predicted octanol–water partition coefficient (Wildman–Crippen LogP) is 1.82. The molecule has 8 nitrogen and oxygen atoms in total. The summed E-state index contributed by atoms with van der Waals surface area (Å²) in [7, 11) is 1.67. The van der Waals surface area contributed by atoms with E-state index in [1.54, 1.807) is 13.2 Å². The molecular formula is C17H21N3O5. The molecule has 0 radical (unpaired) electrons. The molecule has 1 N–H and O–H groups in total. The van der Waals surface area contributed by atoms with Crippen LogP contribution in [0.4, 0.5) is 0 Å². The van der Waals surface area contributed by atoms with Gasteiger partial charge in [-0.1, -0.05) is 0 Å². The van der Waals surface area contributed by atoms with E-state index in [1.165, 1.54) is 0 Å². The Morgan fingerprint density at radius 3 is 2.88 bits per heavy atom. The van der Waals surface area contributed by atoms with E-state index in [1.807, 2.05) is 24.7 Å². The summed E-state index contributed by atoms with van der Waals surface area (Å²) in [5.74, 6) is -0.967. The average molecular weight is 347 g/mol. The molecule has 0 aromatic carbocycles. The van der Waals surface area contributed by atoms with E-state index >= 15 is 0 Å².